The van der Waals surface area contributed by atoms with Crippen molar-refractivity contribution >= 4 is 10.8 Å². The first-order valence-electron chi connectivity index (χ1n) is 3.62. The predicted molar refractivity (Wildman–Crippen MR) is 44.0 cm³/mol. The molecule has 1 atom stereocenters. The first-order valence-corrected chi connectivity index (χ1v) is 4.94. The Morgan fingerprint density at radius 1 is 1.70 bits per heavy atom. The fraction of sp³-hybridized carbons (Fsp3) is 0.714. The van der Waals surface area contributed by atoms with E-state index in [1.165, 1.54) is 6.42 Å². The average molecular weight is 159 g/mol. The normalized spacial score (nSPS) is 20.7. The predicted octanol–water partition coefficient (Wildman–Crippen LogP) is 0.762. The molecule has 3 heteroatoms. The van der Waals surface area contributed by atoms with Crippen molar-refractivity contribution in [2.75, 3.05) is 12.3 Å². The Labute approximate surface area is 63.9 Å². The highest BCUT2D eigenvalue weighted by atomic mass is 32.2. The number of allylic oxidation sites excluding steroid dienone is 2. The van der Waals surface area contributed by atoms with E-state index in [-0.39, 0.29) is 0 Å². The van der Waals surface area contributed by atoms with Crippen LogP contribution >= 0.6 is 0 Å². The van der Waals surface area contributed by atoms with Crippen LogP contribution in [0.15, 0.2) is 11.0 Å². The summed E-state index contributed by atoms with van der Waals surface area (Å²) in [6.45, 7) is 0.532. The van der Waals surface area contributed by atoms with Gasteiger partial charge in [0.2, 0.25) is 0 Å². The SMILES string of the molecule is NCCS(=O)C1=CCCC1. The van der Waals surface area contributed by atoms with Gasteiger partial charge in [-0.2, -0.15) is 0 Å². The fourth-order valence-corrected chi connectivity index (χ4v) is 2.24. The lowest BCUT2D eigenvalue weighted by atomic mass is 10.4. The van der Waals surface area contributed by atoms with Crippen LogP contribution in [0.4, 0.5) is 0 Å². The van der Waals surface area contributed by atoms with Gasteiger partial charge in [0.1, 0.15) is 0 Å². The van der Waals surface area contributed by atoms with Gasteiger partial charge in [-0.25, -0.2) is 0 Å². The van der Waals surface area contributed by atoms with Gasteiger partial charge in [-0.3, -0.25) is 4.21 Å². The van der Waals surface area contributed by atoms with Crippen molar-refractivity contribution in [3.8, 4) is 0 Å². The Kier molecular flexibility index (Phi) is 3.09. The third-order valence-corrected chi connectivity index (χ3v) is 3.16. The summed E-state index contributed by atoms with van der Waals surface area (Å²) in [4.78, 5) is 1.12. The highest BCUT2D eigenvalue weighted by Gasteiger charge is 2.09. The van der Waals surface area contributed by atoms with E-state index in [4.69, 9.17) is 5.73 Å². The standard InChI is InChI=1S/C7H13NOS/c8-5-6-10(9)7-3-1-2-4-7/h3H,1-2,4-6,8H2. The molecule has 0 fully saturated rings. The van der Waals surface area contributed by atoms with Gasteiger partial charge in [-0.15, -0.1) is 0 Å². The summed E-state index contributed by atoms with van der Waals surface area (Å²) in [5.41, 5.74) is 5.28. The molecule has 1 aliphatic rings. The lowest BCUT2D eigenvalue weighted by Crippen LogP contribution is -2.10. The minimum absolute atomic E-state index is 0.532. The third kappa shape index (κ3) is 1.92. The Morgan fingerprint density at radius 3 is 3.00 bits per heavy atom. The highest BCUT2D eigenvalue weighted by Crippen LogP contribution is 2.20. The lowest BCUT2D eigenvalue weighted by molar-refractivity contribution is 0.685. The molecule has 58 valence electrons. The molecule has 0 aliphatic heterocycles. The highest BCUT2D eigenvalue weighted by molar-refractivity contribution is 7.89. The van der Waals surface area contributed by atoms with Crippen LogP contribution in [0, 0.1) is 0 Å². The van der Waals surface area contributed by atoms with Crippen molar-refractivity contribution in [1.82, 2.24) is 0 Å². The summed E-state index contributed by atoms with van der Waals surface area (Å²) in [5.74, 6) is 0.631. The molecule has 0 radical (unpaired) electrons. The quantitative estimate of drug-likeness (QED) is 0.660. The first kappa shape index (κ1) is 7.95. The van der Waals surface area contributed by atoms with Crippen LogP contribution in [0.1, 0.15) is 19.3 Å². The number of hydrogen-bond acceptors (Lipinski definition) is 2. The van der Waals surface area contributed by atoms with Crippen molar-refractivity contribution in [2.24, 2.45) is 5.73 Å². The smallest absolute Gasteiger partial charge is 0.0497 e. The summed E-state index contributed by atoms with van der Waals surface area (Å²) in [6.07, 6.45) is 5.38. The Morgan fingerprint density at radius 2 is 2.50 bits per heavy atom. The molecule has 0 bridgehead atoms. The number of rotatable bonds is 3. The molecule has 0 aromatic rings. The molecule has 2 nitrogen and oxygen atoms in total. The van der Waals surface area contributed by atoms with Crippen molar-refractivity contribution < 1.29 is 4.21 Å². The molecular formula is C7H13NOS. The maximum atomic E-state index is 11.2. The lowest BCUT2D eigenvalue weighted by Gasteiger charge is -1.98. The van der Waals surface area contributed by atoms with Crippen molar-refractivity contribution in [3.63, 3.8) is 0 Å². The maximum absolute atomic E-state index is 11.2. The van der Waals surface area contributed by atoms with Gasteiger partial charge in [-0.1, -0.05) is 6.08 Å². The van der Waals surface area contributed by atoms with Crippen LogP contribution in [-0.2, 0) is 10.8 Å². The molecule has 10 heavy (non-hydrogen) atoms. The second-order valence-corrected chi connectivity index (χ2v) is 4.02. The van der Waals surface area contributed by atoms with Crippen LogP contribution in [0.3, 0.4) is 0 Å². The Hall–Kier alpha value is -0.150. The van der Waals surface area contributed by atoms with Gasteiger partial charge >= 0.3 is 0 Å². The average Bonchev–Trinajstić information content (AvgIpc) is 2.38. The summed E-state index contributed by atoms with van der Waals surface area (Å²) >= 11 is 0. The van der Waals surface area contributed by atoms with Gasteiger partial charge in [0.25, 0.3) is 0 Å². The van der Waals surface area contributed by atoms with Crippen LogP contribution < -0.4 is 5.73 Å². The summed E-state index contributed by atoms with van der Waals surface area (Å²) in [7, 11) is -0.759. The fourth-order valence-electron chi connectivity index (χ4n) is 1.09. The first-order chi connectivity index (χ1) is 4.84. The molecule has 1 unspecified atom stereocenters. The zero-order valence-electron chi connectivity index (χ0n) is 6.01. The van der Waals surface area contributed by atoms with E-state index in [0.29, 0.717) is 12.3 Å². The minimum Gasteiger partial charge on any atom is -0.330 e. The monoisotopic (exact) mass is 159 g/mol. The summed E-state index contributed by atoms with van der Waals surface area (Å²) < 4.78 is 11.2. The van der Waals surface area contributed by atoms with E-state index in [1.54, 1.807) is 0 Å². The molecule has 2 N–H and O–H groups in total. The molecule has 0 saturated heterocycles. The molecule has 0 heterocycles. The van der Waals surface area contributed by atoms with E-state index in [2.05, 4.69) is 6.08 Å². The third-order valence-electron chi connectivity index (χ3n) is 1.59. The maximum Gasteiger partial charge on any atom is 0.0497 e. The van der Waals surface area contributed by atoms with Crippen LogP contribution in [-0.4, -0.2) is 16.5 Å². The zero-order valence-corrected chi connectivity index (χ0v) is 6.82. The second-order valence-electron chi connectivity index (χ2n) is 2.40. The van der Waals surface area contributed by atoms with Crippen LogP contribution in [0.2, 0.25) is 0 Å². The zero-order chi connectivity index (χ0) is 7.40. The number of nitrogens with two attached hydrogens (primary N) is 1. The molecule has 0 spiro atoms. The van der Waals surface area contributed by atoms with E-state index in [9.17, 15) is 4.21 Å². The van der Waals surface area contributed by atoms with Crippen molar-refractivity contribution in [3.05, 3.63) is 11.0 Å². The second kappa shape index (κ2) is 3.88. The Bertz CT molecular complexity index is 165. The van der Waals surface area contributed by atoms with E-state index in [0.717, 1.165) is 17.7 Å². The van der Waals surface area contributed by atoms with Gasteiger partial charge in [0.05, 0.1) is 0 Å². The summed E-state index contributed by atoms with van der Waals surface area (Å²) in [6, 6.07) is 0. The molecule has 0 amide bonds. The molecule has 0 saturated carbocycles. The topological polar surface area (TPSA) is 43.1 Å². The Balaban J connectivity index is 2.40. The molecule has 1 rings (SSSR count). The summed E-state index contributed by atoms with van der Waals surface area (Å²) in [5, 5.41) is 0. The van der Waals surface area contributed by atoms with E-state index < -0.39 is 10.8 Å². The van der Waals surface area contributed by atoms with Crippen LogP contribution in [0.25, 0.3) is 0 Å². The molecular weight excluding hydrogens is 146 g/mol. The molecule has 0 aromatic heterocycles. The van der Waals surface area contributed by atoms with Gasteiger partial charge in [-0.05, 0) is 19.3 Å². The van der Waals surface area contributed by atoms with Crippen molar-refractivity contribution in [1.29, 1.82) is 0 Å². The molecule has 1 aliphatic carbocycles. The minimum atomic E-state index is -0.759. The number of hydrogen-bond donors (Lipinski definition) is 1. The van der Waals surface area contributed by atoms with Gasteiger partial charge in [0.15, 0.2) is 0 Å². The van der Waals surface area contributed by atoms with Crippen molar-refractivity contribution in [2.45, 2.75) is 19.3 Å². The molecule has 0 aromatic carbocycles. The largest absolute Gasteiger partial charge is 0.330 e. The van der Waals surface area contributed by atoms with E-state index in [1.807, 2.05) is 0 Å². The van der Waals surface area contributed by atoms with Crippen LogP contribution in [0.5, 0.6) is 0 Å². The van der Waals surface area contributed by atoms with Gasteiger partial charge in [0, 0.05) is 28.0 Å². The van der Waals surface area contributed by atoms with Gasteiger partial charge < -0.3 is 5.73 Å². The van der Waals surface area contributed by atoms with E-state index >= 15 is 0 Å².